The van der Waals surface area contributed by atoms with Gasteiger partial charge in [-0.2, -0.15) is 0 Å². The third-order valence-corrected chi connectivity index (χ3v) is 5.31. The first kappa shape index (κ1) is 23.4. The molecule has 1 aliphatic rings. The third-order valence-electron chi connectivity index (χ3n) is 5.31. The van der Waals surface area contributed by atoms with Crippen molar-refractivity contribution in [2.45, 2.75) is 32.4 Å². The van der Waals surface area contributed by atoms with Crippen LogP contribution in [0.1, 0.15) is 35.7 Å². The molecule has 1 aromatic heterocycles. The highest BCUT2D eigenvalue weighted by atomic mass is 127. The fourth-order valence-electron chi connectivity index (χ4n) is 3.62. The number of halogens is 1. The van der Waals surface area contributed by atoms with Crippen LogP contribution in [0.2, 0.25) is 0 Å². The van der Waals surface area contributed by atoms with Crippen molar-refractivity contribution in [3.63, 3.8) is 0 Å². The number of aliphatic imine (C=N–C) groups is 1. The minimum absolute atomic E-state index is 0. The van der Waals surface area contributed by atoms with Gasteiger partial charge < -0.3 is 15.4 Å². The molecule has 0 saturated carbocycles. The normalized spacial score (nSPS) is 15.5. The molecule has 6 nitrogen and oxygen atoms in total. The maximum Gasteiger partial charge on any atom is 0.191 e. The van der Waals surface area contributed by atoms with Gasteiger partial charge in [0.25, 0.3) is 0 Å². The van der Waals surface area contributed by atoms with E-state index in [1.165, 1.54) is 24.0 Å². The summed E-state index contributed by atoms with van der Waals surface area (Å²) in [6, 6.07) is 12.7. The molecular formula is C22H32IN5O. The number of aryl methyl sites for hydroxylation is 1. The lowest BCUT2D eigenvalue weighted by molar-refractivity contribution is 0.245. The Hall–Kier alpha value is -1.87. The summed E-state index contributed by atoms with van der Waals surface area (Å²) in [5, 5.41) is 6.88. The number of methoxy groups -OCH3 is 1. The molecule has 29 heavy (non-hydrogen) atoms. The van der Waals surface area contributed by atoms with Gasteiger partial charge in [-0.05, 0) is 62.2 Å². The van der Waals surface area contributed by atoms with Gasteiger partial charge in [0.1, 0.15) is 5.75 Å². The van der Waals surface area contributed by atoms with E-state index < -0.39 is 0 Å². The summed E-state index contributed by atoms with van der Waals surface area (Å²) in [5.74, 6) is 1.68. The molecule has 0 aliphatic carbocycles. The molecule has 0 spiro atoms. The number of nitrogens with one attached hydrogen (secondary N) is 2. The van der Waals surface area contributed by atoms with Crippen molar-refractivity contribution in [1.29, 1.82) is 0 Å². The summed E-state index contributed by atoms with van der Waals surface area (Å²) < 4.78 is 5.31. The molecule has 0 bridgehead atoms. The van der Waals surface area contributed by atoms with Crippen LogP contribution in [-0.2, 0) is 6.54 Å². The highest BCUT2D eigenvalue weighted by Crippen LogP contribution is 2.26. The van der Waals surface area contributed by atoms with Gasteiger partial charge in [-0.3, -0.25) is 14.9 Å². The summed E-state index contributed by atoms with van der Waals surface area (Å²) in [6.45, 7) is 5.80. The predicted molar refractivity (Wildman–Crippen MR) is 129 cm³/mol. The number of ether oxygens (including phenoxy) is 1. The Labute approximate surface area is 191 Å². The Morgan fingerprint density at radius 3 is 2.52 bits per heavy atom. The van der Waals surface area contributed by atoms with Crippen molar-refractivity contribution in [2.24, 2.45) is 4.99 Å². The van der Waals surface area contributed by atoms with Gasteiger partial charge in [0.15, 0.2) is 5.96 Å². The van der Waals surface area contributed by atoms with Crippen molar-refractivity contribution < 1.29 is 4.74 Å². The van der Waals surface area contributed by atoms with Crippen molar-refractivity contribution in [1.82, 2.24) is 20.5 Å². The van der Waals surface area contributed by atoms with Crippen molar-refractivity contribution in [3.8, 4) is 5.75 Å². The average Bonchev–Trinajstić information content (AvgIpc) is 3.26. The third kappa shape index (κ3) is 6.57. The number of guanidine groups is 1. The van der Waals surface area contributed by atoms with Gasteiger partial charge >= 0.3 is 0 Å². The summed E-state index contributed by atoms with van der Waals surface area (Å²) in [4.78, 5) is 11.4. The molecule has 1 atom stereocenters. The zero-order chi connectivity index (χ0) is 19.8. The number of pyridine rings is 1. The largest absolute Gasteiger partial charge is 0.497 e. The van der Waals surface area contributed by atoms with Crippen molar-refractivity contribution in [2.75, 3.05) is 33.8 Å². The molecular weight excluding hydrogens is 477 g/mol. The first-order chi connectivity index (χ1) is 13.7. The fourth-order valence-corrected chi connectivity index (χ4v) is 3.62. The highest BCUT2D eigenvalue weighted by molar-refractivity contribution is 14.0. The minimum atomic E-state index is 0. The van der Waals surface area contributed by atoms with E-state index in [4.69, 9.17) is 4.74 Å². The van der Waals surface area contributed by atoms with Gasteiger partial charge in [0.05, 0.1) is 25.4 Å². The Kier molecular flexibility index (Phi) is 9.66. The molecule has 3 rings (SSSR count). The van der Waals surface area contributed by atoms with E-state index in [9.17, 15) is 0 Å². The van der Waals surface area contributed by atoms with Gasteiger partial charge in [0.2, 0.25) is 0 Å². The monoisotopic (exact) mass is 509 g/mol. The maximum absolute atomic E-state index is 5.31. The molecule has 2 N–H and O–H groups in total. The van der Waals surface area contributed by atoms with Gasteiger partial charge in [-0.1, -0.05) is 18.2 Å². The second kappa shape index (κ2) is 12.0. The Bertz CT molecular complexity index is 775. The first-order valence-electron chi connectivity index (χ1n) is 9.94. The van der Waals surface area contributed by atoms with Crippen LogP contribution in [0.5, 0.6) is 5.75 Å². The number of aromatic nitrogens is 1. The molecule has 0 amide bonds. The number of hydrogen-bond acceptors (Lipinski definition) is 4. The van der Waals surface area contributed by atoms with Crippen LogP contribution in [0.3, 0.4) is 0 Å². The molecule has 0 radical (unpaired) electrons. The Morgan fingerprint density at radius 2 is 1.90 bits per heavy atom. The maximum atomic E-state index is 5.31. The van der Waals surface area contributed by atoms with Gasteiger partial charge in [0, 0.05) is 19.8 Å². The number of benzene rings is 1. The lowest BCUT2D eigenvalue weighted by Gasteiger charge is -2.29. The molecule has 158 valence electrons. The van der Waals surface area contributed by atoms with Crippen LogP contribution in [0.4, 0.5) is 0 Å². The molecule has 7 heteroatoms. The van der Waals surface area contributed by atoms with E-state index in [1.54, 1.807) is 14.2 Å². The second-order valence-electron chi connectivity index (χ2n) is 7.11. The lowest BCUT2D eigenvalue weighted by atomic mass is 10.1. The summed E-state index contributed by atoms with van der Waals surface area (Å²) in [6.07, 6.45) is 4.35. The van der Waals surface area contributed by atoms with E-state index in [0.717, 1.165) is 37.0 Å². The SMILES string of the molecule is CN=C(NCc1ncccc1C)NCC(c1ccc(OC)cc1)N1CCCC1.I. The standard InChI is InChI=1S/C22H31N5O.HI/c1-17-7-6-12-24-20(17)15-25-22(23-2)26-16-21(27-13-4-5-14-27)18-8-10-19(28-3)11-9-18;/h6-12,21H,4-5,13-16H2,1-3H3,(H2,23,25,26);1H. The minimum Gasteiger partial charge on any atom is -0.497 e. The molecule has 1 aromatic carbocycles. The smallest absolute Gasteiger partial charge is 0.191 e. The van der Waals surface area contributed by atoms with Crippen LogP contribution in [0.25, 0.3) is 0 Å². The van der Waals surface area contributed by atoms with Crippen LogP contribution >= 0.6 is 24.0 Å². The predicted octanol–water partition coefficient (Wildman–Crippen LogP) is 3.52. The first-order valence-corrected chi connectivity index (χ1v) is 9.94. The van der Waals surface area contributed by atoms with Crippen LogP contribution in [0.15, 0.2) is 47.6 Å². The van der Waals surface area contributed by atoms with Gasteiger partial charge in [-0.25, -0.2) is 0 Å². The highest BCUT2D eigenvalue weighted by Gasteiger charge is 2.23. The zero-order valence-corrected chi connectivity index (χ0v) is 19.8. The molecule has 1 saturated heterocycles. The Balaban J connectivity index is 0.00000300. The van der Waals surface area contributed by atoms with Gasteiger partial charge in [-0.15, -0.1) is 24.0 Å². The molecule has 2 aromatic rings. The van der Waals surface area contributed by atoms with Crippen molar-refractivity contribution in [3.05, 3.63) is 59.4 Å². The Morgan fingerprint density at radius 1 is 1.17 bits per heavy atom. The number of likely N-dealkylation sites (tertiary alicyclic amines) is 1. The molecule has 1 unspecified atom stereocenters. The molecule has 1 fully saturated rings. The number of rotatable bonds is 7. The quantitative estimate of drug-likeness (QED) is 0.340. The van der Waals surface area contributed by atoms with E-state index in [-0.39, 0.29) is 24.0 Å². The zero-order valence-electron chi connectivity index (χ0n) is 17.5. The van der Waals surface area contributed by atoms with Crippen molar-refractivity contribution >= 4 is 29.9 Å². The topological polar surface area (TPSA) is 61.8 Å². The lowest BCUT2D eigenvalue weighted by Crippen LogP contribution is -2.42. The van der Waals surface area contributed by atoms with Crippen LogP contribution in [0, 0.1) is 6.92 Å². The van der Waals surface area contributed by atoms with Crippen LogP contribution in [-0.4, -0.2) is 49.6 Å². The fraction of sp³-hybridized carbons (Fsp3) is 0.455. The van der Waals surface area contributed by atoms with E-state index in [1.807, 2.05) is 24.4 Å². The van der Waals surface area contributed by atoms with E-state index in [2.05, 4.69) is 50.6 Å². The summed E-state index contributed by atoms with van der Waals surface area (Å²) >= 11 is 0. The summed E-state index contributed by atoms with van der Waals surface area (Å²) in [5.41, 5.74) is 3.52. The number of nitrogens with zero attached hydrogens (tertiary/aromatic N) is 3. The molecule has 2 heterocycles. The van der Waals surface area contributed by atoms with E-state index >= 15 is 0 Å². The average molecular weight is 509 g/mol. The molecule has 1 aliphatic heterocycles. The summed E-state index contributed by atoms with van der Waals surface area (Å²) in [7, 11) is 3.51. The van der Waals surface area contributed by atoms with Crippen LogP contribution < -0.4 is 15.4 Å². The number of hydrogen-bond donors (Lipinski definition) is 2. The van der Waals surface area contributed by atoms with E-state index in [0.29, 0.717) is 12.6 Å². The second-order valence-corrected chi connectivity index (χ2v) is 7.11.